The van der Waals surface area contributed by atoms with Crippen molar-refractivity contribution in [2.45, 2.75) is 246 Å². The van der Waals surface area contributed by atoms with Gasteiger partial charge in [-0.25, -0.2) is 0 Å². The van der Waals surface area contributed by atoms with Crippen LogP contribution < -0.4 is 0 Å². The molecule has 0 atom stereocenters. The maximum Gasteiger partial charge on any atom is 0.119 e. The SMILES string of the molecule is C.C.C=C(OC(C)C)c1ccc(CC)cc1.CC.CC(C)C.CC(C)C.CC(C)C.CC(C)C.CC(C)C.CCc1ccc(/C=C/CCC(C)C)cc1.CCc1ccccc1/C=C/CCC(C)C. The monoisotopic (exact) mass is 947 g/mol. The molecule has 68 heavy (non-hydrogen) atoms. The molecular formula is C67H126O. The lowest BCUT2D eigenvalue weighted by atomic mass is 10.0. The smallest absolute Gasteiger partial charge is 0.119 e. The first-order valence-corrected chi connectivity index (χ1v) is 26.7. The number of rotatable bonds is 14. The summed E-state index contributed by atoms with van der Waals surface area (Å²) in [6, 6.07) is 25.8. The van der Waals surface area contributed by atoms with Gasteiger partial charge in [0.2, 0.25) is 0 Å². The Bertz CT molecular complexity index is 1390. The summed E-state index contributed by atoms with van der Waals surface area (Å²) in [5.74, 6) is 6.52. The molecule has 0 fully saturated rings. The average Bonchev–Trinajstić information content (AvgIpc) is 3.21. The molecule has 0 radical (unpaired) electrons. The van der Waals surface area contributed by atoms with E-state index < -0.39 is 0 Å². The summed E-state index contributed by atoms with van der Waals surface area (Å²) in [5.41, 5.74) is 7.95. The van der Waals surface area contributed by atoms with Crippen molar-refractivity contribution in [2.24, 2.45) is 41.4 Å². The van der Waals surface area contributed by atoms with Crippen LogP contribution in [-0.4, -0.2) is 6.10 Å². The van der Waals surface area contributed by atoms with Crippen LogP contribution in [-0.2, 0) is 24.0 Å². The molecular weight excluding hydrogens is 821 g/mol. The summed E-state index contributed by atoms with van der Waals surface area (Å²) in [6.45, 7) is 60.0. The molecule has 1 nitrogen and oxygen atoms in total. The molecule has 3 aromatic rings. The Labute approximate surface area is 433 Å². The molecule has 0 saturated carbocycles. The Morgan fingerprint density at radius 3 is 1.09 bits per heavy atom. The minimum Gasteiger partial charge on any atom is -0.491 e. The Hall–Kier alpha value is -3.32. The molecule has 0 saturated heterocycles. The topological polar surface area (TPSA) is 9.23 Å². The van der Waals surface area contributed by atoms with Crippen LogP contribution in [0.2, 0.25) is 0 Å². The van der Waals surface area contributed by atoms with E-state index in [0.29, 0.717) is 0 Å². The van der Waals surface area contributed by atoms with Crippen LogP contribution in [0.4, 0.5) is 0 Å². The maximum atomic E-state index is 5.52. The normalized spacial score (nSPS) is 9.91. The number of benzene rings is 3. The highest BCUT2D eigenvalue weighted by molar-refractivity contribution is 5.57. The van der Waals surface area contributed by atoms with Crippen molar-refractivity contribution in [3.05, 3.63) is 125 Å². The van der Waals surface area contributed by atoms with Gasteiger partial charge in [-0.1, -0.05) is 285 Å². The molecule has 0 heterocycles. The second kappa shape index (κ2) is 58.0. The zero-order chi connectivity index (χ0) is 52.6. The van der Waals surface area contributed by atoms with Crippen molar-refractivity contribution in [2.75, 3.05) is 0 Å². The van der Waals surface area contributed by atoms with E-state index in [1.807, 2.05) is 27.7 Å². The zero-order valence-corrected chi connectivity index (χ0v) is 49.4. The summed E-state index contributed by atoms with van der Waals surface area (Å²) in [7, 11) is 0. The average molecular weight is 948 g/mol. The van der Waals surface area contributed by atoms with E-state index in [2.05, 4.69) is 256 Å². The van der Waals surface area contributed by atoms with Crippen molar-refractivity contribution in [1.82, 2.24) is 0 Å². The molecule has 3 rings (SSSR count). The number of ether oxygens (including phenoxy) is 1. The third-order valence-corrected chi connectivity index (χ3v) is 7.32. The Kier molecular flexibility index (Phi) is 69.6. The fraction of sp³-hybridized carbons (Fsp3) is 0.642. The standard InChI is InChI=1S/2C15H22.C13H18O.5C4H10.C2H6.2CH4/c1-4-14-10-7-8-12-15(14)11-6-5-9-13(2)3;1-4-14-9-11-15(12-10-14)8-6-5-7-13(2)3;1-5-12-6-8-13(9-7-12)11(4)14-10(2)3;5*1-4(2)3;1-2;;/h6-8,10-13H,4-5,9H2,1-3H3;6,8-13H,4-5,7H2,1-3H3;6-10H,4-5H2,1-3H3;5*4H,1-3H3;1-2H3;2*1H4/b11-6+;8-6+;;;;;;;;;. The van der Waals surface area contributed by atoms with Gasteiger partial charge in [0.1, 0.15) is 5.76 Å². The van der Waals surface area contributed by atoms with Gasteiger partial charge in [0.15, 0.2) is 0 Å². The van der Waals surface area contributed by atoms with Gasteiger partial charge in [0.05, 0.1) is 6.10 Å². The predicted octanol–water partition coefficient (Wildman–Crippen LogP) is 23.7. The molecule has 0 bridgehead atoms. The van der Waals surface area contributed by atoms with Gasteiger partial charge in [-0.3, -0.25) is 0 Å². The van der Waals surface area contributed by atoms with E-state index >= 15 is 0 Å². The van der Waals surface area contributed by atoms with Gasteiger partial charge in [-0.05, 0) is 128 Å². The van der Waals surface area contributed by atoms with Crippen molar-refractivity contribution in [3.8, 4) is 0 Å². The van der Waals surface area contributed by atoms with Gasteiger partial charge in [0, 0.05) is 5.56 Å². The van der Waals surface area contributed by atoms with Crippen LogP contribution in [0.15, 0.2) is 91.5 Å². The fourth-order valence-corrected chi connectivity index (χ4v) is 4.45. The Balaban J connectivity index is -0.000000107. The van der Waals surface area contributed by atoms with Gasteiger partial charge in [-0.15, -0.1) is 0 Å². The maximum absolute atomic E-state index is 5.52. The van der Waals surface area contributed by atoms with Crippen molar-refractivity contribution >= 4 is 17.9 Å². The van der Waals surface area contributed by atoms with E-state index in [4.69, 9.17) is 4.74 Å². The summed E-state index contributed by atoms with van der Waals surface area (Å²) in [5, 5.41) is 0. The predicted molar refractivity (Wildman–Crippen MR) is 326 cm³/mol. The molecule has 0 spiro atoms. The van der Waals surface area contributed by atoms with Crippen LogP contribution in [0.1, 0.15) is 254 Å². The summed E-state index contributed by atoms with van der Waals surface area (Å²) in [4.78, 5) is 0. The van der Waals surface area contributed by atoms with Gasteiger partial charge in [-0.2, -0.15) is 0 Å². The summed E-state index contributed by atoms with van der Waals surface area (Å²) in [6.07, 6.45) is 17.5. The second-order valence-electron chi connectivity index (χ2n) is 21.2. The molecule has 0 unspecified atom stereocenters. The highest BCUT2D eigenvalue weighted by Crippen LogP contribution is 2.17. The van der Waals surface area contributed by atoms with E-state index in [0.717, 1.165) is 72.0 Å². The van der Waals surface area contributed by atoms with Crippen LogP contribution >= 0.6 is 0 Å². The van der Waals surface area contributed by atoms with Crippen LogP contribution in [0.25, 0.3) is 17.9 Å². The van der Waals surface area contributed by atoms with Crippen LogP contribution in [0.3, 0.4) is 0 Å². The lowest BCUT2D eigenvalue weighted by Crippen LogP contribution is -2.00. The van der Waals surface area contributed by atoms with Gasteiger partial charge >= 0.3 is 0 Å². The lowest BCUT2D eigenvalue weighted by molar-refractivity contribution is 0.205. The lowest BCUT2D eigenvalue weighted by Gasteiger charge is -2.12. The Morgan fingerprint density at radius 1 is 0.456 bits per heavy atom. The zero-order valence-electron chi connectivity index (χ0n) is 49.4. The third kappa shape index (κ3) is 76.9. The molecule has 0 aliphatic carbocycles. The first-order valence-electron chi connectivity index (χ1n) is 26.7. The van der Waals surface area contributed by atoms with E-state index in [-0.39, 0.29) is 21.0 Å². The number of hydrogen-bond donors (Lipinski definition) is 0. The second-order valence-corrected chi connectivity index (χ2v) is 21.2. The van der Waals surface area contributed by atoms with Crippen molar-refractivity contribution in [3.63, 3.8) is 0 Å². The first kappa shape index (κ1) is 81.6. The van der Waals surface area contributed by atoms with Gasteiger partial charge < -0.3 is 4.74 Å². The highest BCUT2D eigenvalue weighted by Gasteiger charge is 2.02. The molecule has 400 valence electrons. The minimum atomic E-state index is 0. The molecule has 1 heteroatoms. The molecule has 0 amide bonds. The first-order chi connectivity index (χ1) is 30.7. The van der Waals surface area contributed by atoms with E-state index in [1.54, 1.807) is 0 Å². The molecule has 0 aromatic heterocycles. The Morgan fingerprint density at radius 2 is 0.779 bits per heavy atom. The summed E-state index contributed by atoms with van der Waals surface area (Å²) >= 11 is 0. The molecule has 0 N–H and O–H groups in total. The van der Waals surface area contributed by atoms with E-state index in [9.17, 15) is 0 Å². The number of aryl methyl sites for hydroxylation is 3. The molecule has 0 aliphatic rings. The number of hydrogen-bond acceptors (Lipinski definition) is 1. The van der Waals surface area contributed by atoms with Crippen LogP contribution in [0.5, 0.6) is 0 Å². The van der Waals surface area contributed by atoms with Crippen molar-refractivity contribution in [1.29, 1.82) is 0 Å². The molecule has 3 aromatic carbocycles. The number of allylic oxidation sites excluding steroid dienone is 2. The quantitative estimate of drug-likeness (QED) is 0.146. The van der Waals surface area contributed by atoms with Crippen molar-refractivity contribution < 1.29 is 4.74 Å². The fourth-order valence-electron chi connectivity index (χ4n) is 4.45. The minimum absolute atomic E-state index is 0. The summed E-state index contributed by atoms with van der Waals surface area (Å²) < 4.78 is 5.52. The molecule has 0 aliphatic heterocycles. The van der Waals surface area contributed by atoms with Crippen LogP contribution in [0, 0.1) is 41.4 Å². The van der Waals surface area contributed by atoms with E-state index in [1.165, 1.54) is 53.5 Å². The van der Waals surface area contributed by atoms with Gasteiger partial charge in [0.25, 0.3) is 0 Å². The highest BCUT2D eigenvalue weighted by atomic mass is 16.5. The third-order valence-electron chi connectivity index (χ3n) is 7.32. The largest absolute Gasteiger partial charge is 0.491 e.